The molecular formula is C17H28BN2OP. The maximum absolute atomic E-state index is 12.6. The molecule has 1 aromatic rings. The van der Waals surface area contributed by atoms with Crippen LogP contribution in [-0.4, -0.2) is 24.6 Å². The third-order valence-corrected chi connectivity index (χ3v) is 5.15. The van der Waals surface area contributed by atoms with Gasteiger partial charge in [0.25, 0.3) is 0 Å². The van der Waals surface area contributed by atoms with Crippen LogP contribution in [0.1, 0.15) is 31.2 Å². The second-order valence-electron chi connectivity index (χ2n) is 6.80. The second-order valence-corrected chi connectivity index (χ2v) is 7.13. The number of benzene rings is 1. The van der Waals surface area contributed by atoms with Crippen molar-refractivity contribution in [1.82, 2.24) is 10.4 Å². The predicted molar refractivity (Wildman–Crippen MR) is 98.2 cm³/mol. The van der Waals surface area contributed by atoms with Crippen LogP contribution in [-0.2, 0) is 11.2 Å². The first-order chi connectivity index (χ1) is 10.6. The molecule has 2 N–H and O–H groups in total. The van der Waals surface area contributed by atoms with Crippen LogP contribution in [0.25, 0.3) is 0 Å². The standard InChI is InChI=1S/C17H28BN2OP/c1-18(2)16(12-14-9-6-10-14)19-17(21)15(20-22)11-13-7-4-3-5-8-13/h3-5,7-8,14-16,20H,6,9-12,22H2,1-2H3,(H,19,21)/t15-,16-/m0/s1. The fraction of sp³-hybridized carbons (Fsp3) is 0.588. The summed E-state index contributed by atoms with van der Waals surface area (Å²) in [5, 5.41) is 6.35. The maximum Gasteiger partial charge on any atom is 0.237 e. The molecule has 3 atom stereocenters. The van der Waals surface area contributed by atoms with Gasteiger partial charge in [-0.15, -0.1) is 0 Å². The molecule has 1 unspecified atom stereocenters. The van der Waals surface area contributed by atoms with Crippen molar-refractivity contribution >= 4 is 22.0 Å². The quantitative estimate of drug-likeness (QED) is 0.571. The van der Waals surface area contributed by atoms with E-state index in [1.165, 1.54) is 24.8 Å². The lowest BCUT2D eigenvalue weighted by Gasteiger charge is -2.32. The minimum Gasteiger partial charge on any atom is -0.359 e. The van der Waals surface area contributed by atoms with E-state index in [9.17, 15) is 4.79 Å². The first kappa shape index (κ1) is 17.5. The van der Waals surface area contributed by atoms with Crippen molar-refractivity contribution in [2.24, 2.45) is 5.92 Å². The van der Waals surface area contributed by atoms with E-state index in [1.807, 2.05) is 18.2 Å². The number of amides is 1. The van der Waals surface area contributed by atoms with Gasteiger partial charge >= 0.3 is 0 Å². The minimum absolute atomic E-state index is 0.108. The predicted octanol–water partition coefficient (Wildman–Crippen LogP) is 2.95. The fourth-order valence-electron chi connectivity index (χ4n) is 2.95. The number of rotatable bonds is 8. The average Bonchev–Trinajstić information content (AvgIpc) is 2.47. The highest BCUT2D eigenvalue weighted by molar-refractivity contribution is 7.13. The molecule has 120 valence electrons. The van der Waals surface area contributed by atoms with Gasteiger partial charge in [-0.05, 0) is 24.3 Å². The lowest BCUT2D eigenvalue weighted by Crippen LogP contribution is -2.51. The van der Waals surface area contributed by atoms with Crippen LogP contribution in [0.3, 0.4) is 0 Å². The van der Waals surface area contributed by atoms with Crippen LogP contribution >= 0.6 is 9.39 Å². The Balaban J connectivity index is 1.91. The van der Waals surface area contributed by atoms with Gasteiger partial charge < -0.3 is 5.32 Å². The number of hydrogen-bond acceptors (Lipinski definition) is 2. The molecule has 0 saturated heterocycles. The van der Waals surface area contributed by atoms with E-state index in [2.05, 4.69) is 45.6 Å². The zero-order chi connectivity index (χ0) is 15.9. The van der Waals surface area contributed by atoms with Gasteiger partial charge in [0.05, 0.1) is 6.04 Å². The van der Waals surface area contributed by atoms with Crippen LogP contribution in [0.15, 0.2) is 30.3 Å². The van der Waals surface area contributed by atoms with Gasteiger partial charge in [0.15, 0.2) is 6.71 Å². The molecule has 1 aliphatic carbocycles. The molecule has 0 aliphatic heterocycles. The summed E-state index contributed by atoms with van der Waals surface area (Å²) >= 11 is 0. The molecule has 0 heterocycles. The Morgan fingerprint density at radius 1 is 1.32 bits per heavy atom. The topological polar surface area (TPSA) is 41.1 Å². The van der Waals surface area contributed by atoms with Crippen molar-refractivity contribution in [3.8, 4) is 0 Å². The highest BCUT2D eigenvalue weighted by atomic mass is 31.0. The van der Waals surface area contributed by atoms with E-state index in [1.54, 1.807) is 0 Å². The monoisotopic (exact) mass is 318 g/mol. The van der Waals surface area contributed by atoms with Crippen molar-refractivity contribution in [1.29, 1.82) is 0 Å². The van der Waals surface area contributed by atoms with Crippen molar-refractivity contribution in [2.45, 2.75) is 57.7 Å². The van der Waals surface area contributed by atoms with Crippen LogP contribution < -0.4 is 10.4 Å². The summed E-state index contributed by atoms with van der Waals surface area (Å²) < 4.78 is 0. The lowest BCUT2D eigenvalue weighted by atomic mass is 9.46. The van der Waals surface area contributed by atoms with Gasteiger partial charge in [0.1, 0.15) is 0 Å². The second kappa shape index (κ2) is 8.69. The molecule has 22 heavy (non-hydrogen) atoms. The van der Waals surface area contributed by atoms with Gasteiger partial charge in [-0.25, -0.2) is 0 Å². The molecule has 0 aromatic heterocycles. The Hall–Kier alpha value is -0.855. The Morgan fingerprint density at radius 3 is 2.50 bits per heavy atom. The van der Waals surface area contributed by atoms with Gasteiger partial charge in [0, 0.05) is 5.94 Å². The summed E-state index contributed by atoms with van der Waals surface area (Å²) in [5.74, 6) is 1.20. The lowest BCUT2D eigenvalue weighted by molar-refractivity contribution is -0.123. The van der Waals surface area contributed by atoms with Gasteiger partial charge in [-0.2, -0.15) is 0 Å². The summed E-state index contributed by atoms with van der Waals surface area (Å²) in [6.45, 7) is 4.87. The van der Waals surface area contributed by atoms with E-state index in [4.69, 9.17) is 0 Å². The molecule has 5 heteroatoms. The Kier molecular flexibility index (Phi) is 6.91. The van der Waals surface area contributed by atoms with Crippen LogP contribution in [0.4, 0.5) is 0 Å². The van der Waals surface area contributed by atoms with E-state index >= 15 is 0 Å². The van der Waals surface area contributed by atoms with Gasteiger partial charge in [-0.1, -0.05) is 72.6 Å². The summed E-state index contributed by atoms with van der Waals surface area (Å²) in [6, 6.07) is 9.96. The summed E-state index contributed by atoms with van der Waals surface area (Å²) in [6.07, 6.45) is 5.85. The molecule has 0 spiro atoms. The van der Waals surface area contributed by atoms with E-state index < -0.39 is 0 Å². The molecule has 1 aromatic carbocycles. The highest BCUT2D eigenvalue weighted by Crippen LogP contribution is 2.30. The maximum atomic E-state index is 12.6. The minimum atomic E-state index is -0.199. The molecule has 2 rings (SSSR count). The van der Waals surface area contributed by atoms with Gasteiger partial charge in [0.2, 0.25) is 5.91 Å². The van der Waals surface area contributed by atoms with Gasteiger partial charge in [-0.3, -0.25) is 9.88 Å². The van der Waals surface area contributed by atoms with E-state index in [-0.39, 0.29) is 17.9 Å². The SMILES string of the molecule is CB(C)[C@H](CC1CCC1)NC(=O)[C@H](Cc1ccccc1)NP. The largest absolute Gasteiger partial charge is 0.359 e. The first-order valence-electron chi connectivity index (χ1n) is 8.40. The van der Waals surface area contributed by atoms with Crippen LogP contribution in [0, 0.1) is 5.92 Å². The molecule has 1 saturated carbocycles. The average molecular weight is 318 g/mol. The number of hydrogen-bond donors (Lipinski definition) is 2. The number of nitrogens with one attached hydrogen (secondary N) is 2. The zero-order valence-electron chi connectivity index (χ0n) is 13.7. The van der Waals surface area contributed by atoms with Crippen molar-refractivity contribution in [3.05, 3.63) is 35.9 Å². The Bertz CT molecular complexity index is 465. The molecule has 3 nitrogen and oxygen atoms in total. The number of carbonyl (C=O) groups is 1. The van der Waals surface area contributed by atoms with Crippen LogP contribution in [0.2, 0.25) is 13.6 Å². The Morgan fingerprint density at radius 2 is 2.00 bits per heavy atom. The smallest absolute Gasteiger partial charge is 0.237 e. The highest BCUT2D eigenvalue weighted by Gasteiger charge is 2.28. The molecular weight excluding hydrogens is 290 g/mol. The molecule has 1 amide bonds. The summed E-state index contributed by atoms with van der Waals surface area (Å²) in [7, 11) is 2.49. The third-order valence-electron chi connectivity index (χ3n) is 4.74. The summed E-state index contributed by atoms with van der Waals surface area (Å²) in [5.41, 5.74) is 1.18. The number of carbonyl (C=O) groups excluding carboxylic acids is 1. The van der Waals surface area contributed by atoms with E-state index in [0.29, 0.717) is 13.1 Å². The first-order valence-corrected chi connectivity index (χ1v) is 8.98. The normalized spacial score (nSPS) is 17.4. The summed E-state index contributed by atoms with van der Waals surface area (Å²) in [4.78, 5) is 12.6. The van der Waals surface area contributed by atoms with Crippen molar-refractivity contribution in [2.75, 3.05) is 0 Å². The third kappa shape index (κ3) is 5.10. The zero-order valence-corrected chi connectivity index (χ0v) is 14.9. The van der Waals surface area contributed by atoms with E-state index in [0.717, 1.165) is 12.3 Å². The fourth-order valence-corrected chi connectivity index (χ4v) is 3.22. The van der Waals surface area contributed by atoms with Crippen molar-refractivity contribution in [3.63, 3.8) is 0 Å². The Labute approximate surface area is 137 Å². The molecule has 1 aliphatic rings. The molecule has 0 bridgehead atoms. The molecule has 1 fully saturated rings. The van der Waals surface area contributed by atoms with Crippen molar-refractivity contribution < 1.29 is 4.79 Å². The molecule has 0 radical (unpaired) electrons. The van der Waals surface area contributed by atoms with Crippen LogP contribution in [0.5, 0.6) is 0 Å².